The Kier molecular flexibility index (Phi) is 14.4. The van der Waals surface area contributed by atoms with Crippen molar-refractivity contribution in [3.8, 4) is 5.75 Å². The largest absolute Gasteiger partial charge is 0.486 e. The van der Waals surface area contributed by atoms with Gasteiger partial charge in [-0.25, -0.2) is 0 Å². The smallest absolute Gasteiger partial charge is 0.419 e. The van der Waals surface area contributed by atoms with Crippen molar-refractivity contribution in [1.82, 2.24) is 4.90 Å². The molecule has 0 aliphatic carbocycles. The maximum absolute atomic E-state index is 12.5. The molecule has 0 atom stereocenters. The lowest BCUT2D eigenvalue weighted by atomic mass is 10.1. The zero-order chi connectivity index (χ0) is 25.4. The van der Waals surface area contributed by atoms with E-state index in [4.69, 9.17) is 5.73 Å². The van der Waals surface area contributed by atoms with Gasteiger partial charge in [0.2, 0.25) is 6.41 Å². The number of thiocarbonyl (C=S) groups is 1. The molecule has 2 N–H and O–H groups in total. The Morgan fingerprint density at radius 2 is 1.67 bits per heavy atom. The SMILES string of the molecule is CCCCN(C=O)C(N)=S.Cc1ccc(OCC=O)c(C(F)(F)F)c1.Cc1ccccc1C. The summed E-state index contributed by atoms with van der Waals surface area (Å²) in [7, 11) is 0. The number of nitrogens with two attached hydrogens (primary N) is 1. The molecular formula is C24H31F3N2O3S. The Bertz CT molecular complexity index is 868. The van der Waals surface area contributed by atoms with Crippen molar-refractivity contribution in [2.45, 2.75) is 46.7 Å². The minimum atomic E-state index is -4.47. The van der Waals surface area contributed by atoms with Crippen molar-refractivity contribution in [3.63, 3.8) is 0 Å². The van der Waals surface area contributed by atoms with Crippen LogP contribution in [-0.4, -0.2) is 35.9 Å². The van der Waals surface area contributed by atoms with Gasteiger partial charge in [-0.15, -0.1) is 0 Å². The van der Waals surface area contributed by atoms with E-state index in [9.17, 15) is 22.8 Å². The summed E-state index contributed by atoms with van der Waals surface area (Å²) in [5.41, 5.74) is 7.58. The summed E-state index contributed by atoms with van der Waals surface area (Å²) in [5, 5.41) is 0.156. The van der Waals surface area contributed by atoms with Crippen LogP contribution < -0.4 is 10.5 Å². The third-order valence-electron chi connectivity index (χ3n) is 4.34. The van der Waals surface area contributed by atoms with Crippen LogP contribution in [0, 0.1) is 20.8 Å². The van der Waals surface area contributed by atoms with Crippen LogP contribution in [0.25, 0.3) is 0 Å². The summed E-state index contributed by atoms with van der Waals surface area (Å²) in [4.78, 5) is 21.5. The van der Waals surface area contributed by atoms with E-state index < -0.39 is 11.7 Å². The van der Waals surface area contributed by atoms with Crippen LogP contribution in [0.15, 0.2) is 42.5 Å². The number of carbonyl (C=O) groups is 2. The van der Waals surface area contributed by atoms with Crippen molar-refractivity contribution < 1.29 is 27.5 Å². The molecule has 2 aromatic carbocycles. The lowest BCUT2D eigenvalue weighted by Gasteiger charge is -2.13. The number of hydrogen-bond donors (Lipinski definition) is 1. The standard InChI is InChI=1S/C10H9F3O2.C8H10.C6H12N2OS/c1-7-2-3-9(15-5-4-14)8(6-7)10(11,12)13;1-7-5-3-4-6-8(7)2;1-2-3-4-8(5-9)6(7)10/h2-4,6H,5H2,1H3;3-6H,1-2H3;5H,2-4H2,1H3,(H2,7,10). The van der Waals surface area contributed by atoms with Crippen LogP contribution >= 0.6 is 12.2 Å². The van der Waals surface area contributed by atoms with Crippen LogP contribution in [0.5, 0.6) is 5.75 Å². The predicted molar refractivity (Wildman–Crippen MR) is 128 cm³/mol. The number of amides is 1. The zero-order valence-electron chi connectivity index (χ0n) is 19.3. The summed E-state index contributed by atoms with van der Waals surface area (Å²) < 4.78 is 42.1. The van der Waals surface area contributed by atoms with Gasteiger partial charge in [-0.1, -0.05) is 49.2 Å². The molecule has 2 rings (SSSR count). The van der Waals surface area contributed by atoms with Gasteiger partial charge in [0.05, 0.1) is 5.56 Å². The van der Waals surface area contributed by atoms with E-state index in [0.29, 0.717) is 24.8 Å². The number of rotatable bonds is 7. The highest BCUT2D eigenvalue weighted by Crippen LogP contribution is 2.36. The lowest BCUT2D eigenvalue weighted by molar-refractivity contribution is -0.139. The molecule has 0 aliphatic heterocycles. The van der Waals surface area contributed by atoms with Crippen LogP contribution in [-0.2, 0) is 15.8 Å². The molecule has 0 spiro atoms. The Hall–Kier alpha value is -2.94. The summed E-state index contributed by atoms with van der Waals surface area (Å²) in [6.07, 6.45) is -1.43. The average molecular weight is 485 g/mol. The molecule has 182 valence electrons. The quantitative estimate of drug-likeness (QED) is 0.422. The molecule has 33 heavy (non-hydrogen) atoms. The number of halogens is 3. The molecule has 0 radical (unpaired) electrons. The summed E-state index contributed by atoms with van der Waals surface area (Å²) in [5.74, 6) is -0.319. The van der Waals surface area contributed by atoms with Crippen molar-refractivity contribution >= 4 is 30.0 Å². The van der Waals surface area contributed by atoms with Crippen LogP contribution in [0.2, 0.25) is 0 Å². The molecule has 9 heteroatoms. The number of benzene rings is 2. The number of nitrogens with zero attached hydrogens (tertiary/aromatic N) is 1. The van der Waals surface area contributed by atoms with Crippen LogP contribution in [0.4, 0.5) is 13.2 Å². The van der Waals surface area contributed by atoms with Gasteiger partial charge in [-0.2, -0.15) is 13.2 Å². The van der Waals surface area contributed by atoms with Crippen molar-refractivity contribution in [2.75, 3.05) is 13.2 Å². The highest BCUT2D eigenvalue weighted by atomic mass is 32.1. The molecule has 0 unspecified atom stereocenters. The second-order valence-corrected chi connectivity index (χ2v) is 7.47. The third-order valence-corrected chi connectivity index (χ3v) is 4.57. The van der Waals surface area contributed by atoms with Gasteiger partial charge in [-0.05, 0) is 62.7 Å². The molecule has 0 fully saturated rings. The van der Waals surface area contributed by atoms with Crippen molar-refractivity contribution in [1.29, 1.82) is 0 Å². The Morgan fingerprint density at radius 1 is 1.09 bits per heavy atom. The maximum atomic E-state index is 12.5. The second-order valence-electron chi connectivity index (χ2n) is 7.05. The minimum absolute atomic E-state index is 0.156. The van der Waals surface area contributed by atoms with Gasteiger partial charge in [0.15, 0.2) is 11.4 Å². The number of aldehydes is 1. The van der Waals surface area contributed by atoms with Crippen molar-refractivity contribution in [3.05, 3.63) is 64.7 Å². The fourth-order valence-corrected chi connectivity index (χ4v) is 2.46. The number of hydrogen-bond acceptors (Lipinski definition) is 4. The molecule has 0 saturated carbocycles. The third kappa shape index (κ3) is 12.6. The topological polar surface area (TPSA) is 72.6 Å². The minimum Gasteiger partial charge on any atom is -0.486 e. The number of ether oxygens (including phenoxy) is 1. The number of unbranched alkanes of at least 4 members (excludes halogenated alkanes) is 1. The predicted octanol–water partition coefficient (Wildman–Crippen LogP) is 5.38. The summed E-state index contributed by atoms with van der Waals surface area (Å²) in [6, 6.07) is 12.0. The second kappa shape index (κ2) is 15.8. The van der Waals surface area contributed by atoms with Gasteiger partial charge < -0.3 is 10.5 Å². The highest BCUT2D eigenvalue weighted by Gasteiger charge is 2.34. The normalized spacial score (nSPS) is 10.0. The van der Waals surface area contributed by atoms with Gasteiger partial charge >= 0.3 is 6.18 Å². The molecule has 0 heterocycles. The van der Waals surface area contributed by atoms with Crippen LogP contribution in [0.3, 0.4) is 0 Å². The molecule has 0 aliphatic rings. The molecule has 2 aromatic rings. The van der Waals surface area contributed by atoms with Crippen LogP contribution in [0.1, 0.15) is 42.0 Å². The summed E-state index contributed by atoms with van der Waals surface area (Å²) >= 11 is 4.60. The van der Waals surface area contributed by atoms with Crippen molar-refractivity contribution in [2.24, 2.45) is 5.73 Å². The summed E-state index contributed by atoms with van der Waals surface area (Å²) in [6.45, 7) is 8.09. The van der Waals surface area contributed by atoms with Gasteiger partial charge in [0.1, 0.15) is 12.4 Å². The van der Waals surface area contributed by atoms with E-state index in [-0.39, 0.29) is 17.5 Å². The Balaban J connectivity index is 0.000000494. The molecule has 0 saturated heterocycles. The highest BCUT2D eigenvalue weighted by molar-refractivity contribution is 7.80. The van der Waals surface area contributed by atoms with E-state index in [1.165, 1.54) is 28.2 Å². The maximum Gasteiger partial charge on any atom is 0.419 e. The molecule has 1 amide bonds. The number of carbonyl (C=O) groups excluding carboxylic acids is 2. The van der Waals surface area contributed by atoms with Gasteiger partial charge in [0, 0.05) is 6.54 Å². The molecule has 0 bridgehead atoms. The van der Waals surface area contributed by atoms with E-state index >= 15 is 0 Å². The number of alkyl halides is 3. The first-order chi connectivity index (χ1) is 15.5. The first-order valence-corrected chi connectivity index (χ1v) is 10.7. The Morgan fingerprint density at radius 3 is 2.06 bits per heavy atom. The van der Waals surface area contributed by atoms with Gasteiger partial charge in [-0.3, -0.25) is 14.5 Å². The first-order valence-electron chi connectivity index (χ1n) is 10.3. The molecular weight excluding hydrogens is 453 g/mol. The van der Waals surface area contributed by atoms with E-state index in [0.717, 1.165) is 18.9 Å². The zero-order valence-corrected chi connectivity index (χ0v) is 20.1. The molecule has 5 nitrogen and oxygen atoms in total. The fraction of sp³-hybridized carbons (Fsp3) is 0.375. The molecule has 0 aromatic heterocycles. The fourth-order valence-electron chi connectivity index (χ4n) is 2.32. The number of aryl methyl sites for hydroxylation is 3. The lowest BCUT2D eigenvalue weighted by Crippen LogP contribution is -2.34. The Labute approximate surface area is 198 Å². The van der Waals surface area contributed by atoms with Gasteiger partial charge in [0.25, 0.3) is 0 Å². The first kappa shape index (κ1) is 30.1. The van der Waals surface area contributed by atoms with E-state index in [1.807, 2.05) is 6.92 Å². The van der Waals surface area contributed by atoms with E-state index in [1.54, 1.807) is 6.92 Å². The average Bonchev–Trinajstić information content (AvgIpc) is 2.75. The van der Waals surface area contributed by atoms with E-state index in [2.05, 4.69) is 55.1 Å². The monoisotopic (exact) mass is 484 g/mol.